The van der Waals surface area contributed by atoms with Crippen molar-refractivity contribution in [2.75, 3.05) is 11.9 Å². The zero-order valence-corrected chi connectivity index (χ0v) is 10.1. The van der Waals surface area contributed by atoms with Gasteiger partial charge >= 0.3 is 5.76 Å². The van der Waals surface area contributed by atoms with Crippen LogP contribution in [0, 0.1) is 6.92 Å². The van der Waals surface area contributed by atoms with Crippen LogP contribution in [0.15, 0.2) is 39.7 Å². The van der Waals surface area contributed by atoms with Crippen LogP contribution in [0.4, 0.5) is 5.69 Å². The molecule has 0 fully saturated rings. The number of benzene rings is 1. The molecule has 5 heteroatoms. The van der Waals surface area contributed by atoms with Gasteiger partial charge in [-0.3, -0.25) is 4.98 Å². The Morgan fingerprint density at radius 3 is 3.00 bits per heavy atom. The first-order chi connectivity index (χ1) is 8.63. The maximum Gasteiger partial charge on any atom is 0.416 e. The Balaban J connectivity index is 1.85. The van der Waals surface area contributed by atoms with Gasteiger partial charge in [0.25, 0.3) is 0 Å². The van der Waals surface area contributed by atoms with E-state index in [0.717, 1.165) is 11.3 Å². The third kappa shape index (κ3) is 3.49. The molecule has 5 nitrogen and oxygen atoms in total. The fraction of sp³-hybridized carbons (Fsp3) is 0.308. The van der Waals surface area contributed by atoms with Crippen LogP contribution in [-0.2, 0) is 6.42 Å². The molecule has 1 aromatic heterocycles. The van der Waals surface area contributed by atoms with E-state index in [1.165, 1.54) is 6.20 Å². The molecule has 1 unspecified atom stereocenters. The molecule has 3 N–H and O–H groups in total. The van der Waals surface area contributed by atoms with Gasteiger partial charge in [-0.2, -0.15) is 0 Å². The topological polar surface area (TPSA) is 78.3 Å². The molecule has 0 saturated carbocycles. The van der Waals surface area contributed by atoms with Crippen molar-refractivity contribution in [3.05, 3.63) is 52.3 Å². The first-order valence-corrected chi connectivity index (χ1v) is 5.79. The zero-order chi connectivity index (χ0) is 13.0. The Hall–Kier alpha value is -2.01. The largest absolute Gasteiger partial charge is 0.416 e. The highest BCUT2D eigenvalue weighted by Gasteiger charge is 2.08. The van der Waals surface area contributed by atoms with Crippen LogP contribution in [-0.4, -0.2) is 22.7 Å². The molecule has 0 aliphatic rings. The summed E-state index contributed by atoms with van der Waals surface area (Å²) < 4.78 is 4.83. The van der Waals surface area contributed by atoms with Crippen molar-refractivity contribution >= 4 is 5.69 Å². The van der Waals surface area contributed by atoms with Crippen molar-refractivity contribution in [3.8, 4) is 0 Å². The quantitative estimate of drug-likeness (QED) is 0.745. The van der Waals surface area contributed by atoms with Crippen LogP contribution >= 0.6 is 0 Å². The predicted molar refractivity (Wildman–Crippen MR) is 68.7 cm³/mol. The van der Waals surface area contributed by atoms with Crippen molar-refractivity contribution in [1.82, 2.24) is 4.98 Å². The maximum absolute atomic E-state index is 10.8. The molecule has 1 heterocycles. The summed E-state index contributed by atoms with van der Waals surface area (Å²) in [4.78, 5) is 13.2. The van der Waals surface area contributed by atoms with Gasteiger partial charge in [-0.15, -0.1) is 0 Å². The molecule has 96 valence electrons. The smallest absolute Gasteiger partial charge is 0.413 e. The number of H-pyrrole nitrogens is 1. The van der Waals surface area contributed by atoms with Crippen LogP contribution in [0.25, 0.3) is 0 Å². The molecule has 0 aliphatic heterocycles. The second-order valence-corrected chi connectivity index (χ2v) is 4.25. The third-order valence-corrected chi connectivity index (χ3v) is 2.57. The van der Waals surface area contributed by atoms with Crippen molar-refractivity contribution in [2.24, 2.45) is 0 Å². The van der Waals surface area contributed by atoms with Crippen LogP contribution in [0.3, 0.4) is 0 Å². The summed E-state index contributed by atoms with van der Waals surface area (Å²) in [7, 11) is 0. The minimum absolute atomic E-state index is 0.303. The van der Waals surface area contributed by atoms with E-state index in [0.29, 0.717) is 18.7 Å². The fourth-order valence-corrected chi connectivity index (χ4v) is 1.71. The summed E-state index contributed by atoms with van der Waals surface area (Å²) in [6.07, 6.45) is 1.17. The van der Waals surface area contributed by atoms with E-state index in [1.807, 2.05) is 31.2 Å². The summed E-state index contributed by atoms with van der Waals surface area (Å²) >= 11 is 0. The van der Waals surface area contributed by atoms with E-state index in [4.69, 9.17) is 4.42 Å². The monoisotopic (exact) mass is 248 g/mol. The number of oxazole rings is 1. The Bertz CT molecular complexity index is 559. The number of aliphatic hydroxyl groups is 1. The Morgan fingerprint density at radius 2 is 2.33 bits per heavy atom. The number of rotatable bonds is 5. The SMILES string of the molecule is Cc1cccc(NCC(O)Cc2c[nH]c(=O)o2)c1. The summed E-state index contributed by atoms with van der Waals surface area (Å²) in [5.41, 5.74) is 2.12. The van der Waals surface area contributed by atoms with Crippen LogP contribution < -0.4 is 11.1 Å². The van der Waals surface area contributed by atoms with E-state index < -0.39 is 11.9 Å². The predicted octanol–water partition coefficient (Wildman–Crippen LogP) is 1.29. The molecule has 0 saturated heterocycles. The van der Waals surface area contributed by atoms with Crippen molar-refractivity contribution in [3.63, 3.8) is 0 Å². The number of hydrogen-bond acceptors (Lipinski definition) is 4. The zero-order valence-electron chi connectivity index (χ0n) is 10.1. The highest BCUT2D eigenvalue weighted by molar-refractivity contribution is 5.45. The average molecular weight is 248 g/mol. The number of anilines is 1. The van der Waals surface area contributed by atoms with Crippen LogP contribution in [0.2, 0.25) is 0 Å². The normalized spacial score (nSPS) is 12.3. The minimum Gasteiger partial charge on any atom is -0.413 e. The second-order valence-electron chi connectivity index (χ2n) is 4.25. The summed E-state index contributed by atoms with van der Waals surface area (Å²) in [5, 5.41) is 12.9. The summed E-state index contributed by atoms with van der Waals surface area (Å²) in [6.45, 7) is 2.41. The van der Waals surface area contributed by atoms with E-state index in [2.05, 4.69) is 10.3 Å². The Kier molecular flexibility index (Phi) is 3.84. The number of nitrogens with one attached hydrogen (secondary N) is 2. The van der Waals surface area contributed by atoms with Gasteiger partial charge in [0, 0.05) is 24.8 Å². The molecule has 2 rings (SSSR count). The second kappa shape index (κ2) is 5.55. The molecule has 0 bridgehead atoms. The molecule has 2 aromatic rings. The van der Waals surface area contributed by atoms with Crippen molar-refractivity contribution < 1.29 is 9.52 Å². The maximum atomic E-state index is 10.8. The lowest BCUT2D eigenvalue weighted by Gasteiger charge is -2.11. The molecule has 1 aromatic carbocycles. The third-order valence-electron chi connectivity index (χ3n) is 2.57. The van der Waals surface area contributed by atoms with Gasteiger partial charge in [0.15, 0.2) is 0 Å². The highest BCUT2D eigenvalue weighted by atomic mass is 16.4. The van der Waals surface area contributed by atoms with E-state index >= 15 is 0 Å². The minimum atomic E-state index is -0.607. The molecule has 1 atom stereocenters. The van der Waals surface area contributed by atoms with Gasteiger partial charge in [0.2, 0.25) is 0 Å². The lowest BCUT2D eigenvalue weighted by Crippen LogP contribution is -2.21. The van der Waals surface area contributed by atoms with Gasteiger partial charge < -0.3 is 14.8 Å². The number of aromatic amines is 1. The number of aliphatic hydroxyl groups excluding tert-OH is 1. The van der Waals surface area contributed by atoms with Crippen molar-refractivity contribution in [2.45, 2.75) is 19.4 Å². The molecule has 0 radical (unpaired) electrons. The average Bonchev–Trinajstić information content (AvgIpc) is 2.72. The highest BCUT2D eigenvalue weighted by Crippen LogP contribution is 2.10. The Morgan fingerprint density at radius 1 is 1.50 bits per heavy atom. The van der Waals surface area contributed by atoms with Crippen LogP contribution in [0.5, 0.6) is 0 Å². The van der Waals surface area contributed by atoms with Gasteiger partial charge in [-0.1, -0.05) is 12.1 Å². The lowest BCUT2D eigenvalue weighted by molar-refractivity contribution is 0.179. The fourth-order valence-electron chi connectivity index (χ4n) is 1.71. The van der Waals surface area contributed by atoms with Crippen molar-refractivity contribution in [1.29, 1.82) is 0 Å². The van der Waals surface area contributed by atoms with Gasteiger partial charge in [-0.25, -0.2) is 4.79 Å². The Labute approximate surface area is 104 Å². The van der Waals surface area contributed by atoms with E-state index in [-0.39, 0.29) is 0 Å². The molecule has 0 spiro atoms. The lowest BCUT2D eigenvalue weighted by atomic mass is 10.2. The van der Waals surface area contributed by atoms with E-state index in [1.54, 1.807) is 0 Å². The molecular weight excluding hydrogens is 232 g/mol. The van der Waals surface area contributed by atoms with Gasteiger partial charge in [0.05, 0.1) is 6.10 Å². The van der Waals surface area contributed by atoms with Gasteiger partial charge in [0.1, 0.15) is 5.76 Å². The first kappa shape index (κ1) is 12.4. The summed E-state index contributed by atoms with van der Waals surface area (Å²) in [5.74, 6) is -0.0395. The molecule has 18 heavy (non-hydrogen) atoms. The van der Waals surface area contributed by atoms with Gasteiger partial charge in [-0.05, 0) is 24.6 Å². The number of aryl methyl sites for hydroxylation is 1. The molecule has 0 amide bonds. The standard InChI is InChI=1S/C13H16N2O3/c1-9-3-2-4-10(5-9)14-7-11(16)6-12-8-15-13(17)18-12/h2-5,8,11,14,16H,6-7H2,1H3,(H,15,17). The first-order valence-electron chi connectivity index (χ1n) is 5.79. The van der Waals surface area contributed by atoms with E-state index in [9.17, 15) is 9.90 Å². The number of hydrogen-bond donors (Lipinski definition) is 3. The molecule has 0 aliphatic carbocycles. The van der Waals surface area contributed by atoms with Crippen LogP contribution in [0.1, 0.15) is 11.3 Å². The summed E-state index contributed by atoms with van der Waals surface area (Å²) in [6, 6.07) is 7.91. The molecular formula is C13H16N2O3. The number of aromatic nitrogens is 1.